The van der Waals surface area contributed by atoms with Gasteiger partial charge in [-0.25, -0.2) is 0 Å². The fourth-order valence-electron chi connectivity index (χ4n) is 1.50. The van der Waals surface area contributed by atoms with Crippen molar-refractivity contribution in [2.24, 2.45) is 0 Å². The average Bonchev–Trinajstić information content (AvgIpc) is 2.30. The van der Waals surface area contributed by atoms with E-state index < -0.39 is 20.8 Å². The molecule has 21 heavy (non-hydrogen) atoms. The molecule has 0 saturated carbocycles. The smallest absolute Gasteiger partial charge is 0.776 e. The van der Waals surface area contributed by atoms with Crippen molar-refractivity contribution in [3.05, 3.63) is 0 Å². The quantitative estimate of drug-likeness (QED) is 0.214. The summed E-state index contributed by atoms with van der Waals surface area (Å²) in [6.07, 6.45) is 6.71. The Morgan fingerprint density at radius 3 is 1.86 bits per heavy atom. The molecule has 2 N–H and O–H groups in total. The second-order valence-corrected chi connectivity index (χ2v) is 8.26. The summed E-state index contributed by atoms with van der Waals surface area (Å²) in [7, 11) is -10.3. The Morgan fingerprint density at radius 1 is 1.00 bits per heavy atom. The fraction of sp³-hybridized carbons (Fsp3) is 1.00. The number of hydrogen-bond acceptors (Lipinski definition) is 6. The normalized spacial score (nSPS) is 17.8. The van der Waals surface area contributed by atoms with Gasteiger partial charge in [0, 0.05) is 0 Å². The minimum absolute atomic E-state index is 0. The summed E-state index contributed by atoms with van der Waals surface area (Å²) in [5, 5.41) is 8.89. The van der Waals surface area contributed by atoms with Crippen molar-refractivity contribution in [1.82, 2.24) is 0 Å². The van der Waals surface area contributed by atoms with Gasteiger partial charge in [0.1, 0.15) is 0 Å². The van der Waals surface area contributed by atoms with Gasteiger partial charge in [-0.3, -0.25) is 0 Å². The van der Waals surface area contributed by atoms with Crippen LogP contribution in [0.3, 0.4) is 0 Å². The maximum atomic E-state index is 11.2. The first-order chi connectivity index (χ1) is 8.72. The van der Waals surface area contributed by atoms with Gasteiger partial charge in [0.15, 0.2) is 20.8 Å². The van der Waals surface area contributed by atoms with E-state index in [1.54, 1.807) is 0 Å². The second kappa shape index (κ2) is 14.6. The SMILES string of the molecule is CCCCCCCCCOP(=O)([O-])C(O)P(=O)([O-])O.[Na+].[Na+]. The molecule has 116 valence electrons. The van der Waals surface area contributed by atoms with Crippen LogP contribution in [0.1, 0.15) is 51.9 Å². The standard InChI is InChI=1S/C10H24O7P2.2Na/c1-2-3-4-5-6-7-8-9-17-19(15,16)10(11)18(12,13)14;;/h10-11H,2-9H2,1H3,(H,15,16)(H2,12,13,14);;/q;2*+1/p-2. The summed E-state index contributed by atoms with van der Waals surface area (Å²) in [6.45, 7) is 1.92. The molecule has 0 fully saturated rings. The van der Waals surface area contributed by atoms with Gasteiger partial charge < -0.3 is 33.4 Å². The first-order valence-electron chi connectivity index (χ1n) is 6.38. The topological polar surface area (TPSA) is 130 Å². The molecule has 0 heterocycles. The summed E-state index contributed by atoms with van der Waals surface area (Å²) in [6, 6.07) is 0. The molecule has 0 aliphatic heterocycles. The predicted molar refractivity (Wildman–Crippen MR) is 67.4 cm³/mol. The molecule has 3 unspecified atom stereocenters. The minimum Gasteiger partial charge on any atom is -0.776 e. The molecule has 0 bridgehead atoms. The van der Waals surface area contributed by atoms with E-state index in [1.807, 2.05) is 0 Å². The van der Waals surface area contributed by atoms with E-state index in [2.05, 4.69) is 11.4 Å². The van der Waals surface area contributed by atoms with Crippen LogP contribution >= 0.6 is 15.2 Å². The van der Waals surface area contributed by atoms with Crippen LogP contribution in [0.2, 0.25) is 0 Å². The third kappa shape index (κ3) is 14.3. The van der Waals surface area contributed by atoms with Crippen molar-refractivity contribution in [2.45, 2.75) is 57.5 Å². The Bertz CT molecular complexity index is 337. The van der Waals surface area contributed by atoms with Crippen molar-refractivity contribution in [2.75, 3.05) is 6.61 Å². The fourth-order valence-corrected chi connectivity index (χ4v) is 3.64. The van der Waals surface area contributed by atoms with Crippen molar-refractivity contribution < 1.29 is 92.6 Å². The molecule has 11 heteroatoms. The molecule has 0 spiro atoms. The Hall–Kier alpha value is 2.26. The number of unbranched alkanes of at least 4 members (excludes halogenated alkanes) is 6. The van der Waals surface area contributed by atoms with Crippen LogP contribution in [0.25, 0.3) is 0 Å². The Labute approximate surface area is 170 Å². The molecule has 0 amide bonds. The predicted octanol–water partition coefficient (Wildman–Crippen LogP) is -4.86. The number of rotatable bonds is 11. The number of hydrogen-bond donors (Lipinski definition) is 2. The summed E-state index contributed by atoms with van der Waals surface area (Å²) in [4.78, 5) is 30.1. The van der Waals surface area contributed by atoms with Gasteiger partial charge in [-0.05, 0) is 6.42 Å². The minimum atomic E-state index is -5.35. The zero-order valence-corrected chi connectivity index (χ0v) is 18.9. The zero-order chi connectivity index (χ0) is 14.9. The third-order valence-electron chi connectivity index (χ3n) is 2.59. The molecule has 0 aliphatic rings. The summed E-state index contributed by atoms with van der Waals surface area (Å²) in [5.41, 5.74) is -2.88. The van der Waals surface area contributed by atoms with Crippen LogP contribution < -0.4 is 68.9 Å². The van der Waals surface area contributed by atoms with Gasteiger partial charge >= 0.3 is 59.1 Å². The van der Waals surface area contributed by atoms with E-state index in [1.165, 1.54) is 6.42 Å². The van der Waals surface area contributed by atoms with Crippen LogP contribution in [-0.2, 0) is 13.7 Å². The Morgan fingerprint density at radius 2 is 1.43 bits per heavy atom. The third-order valence-corrected chi connectivity index (χ3v) is 6.01. The molecule has 0 rings (SSSR count). The average molecular weight is 362 g/mol. The van der Waals surface area contributed by atoms with E-state index in [4.69, 9.17) is 10.00 Å². The van der Waals surface area contributed by atoms with Gasteiger partial charge in [0.25, 0.3) is 0 Å². The van der Waals surface area contributed by atoms with Crippen molar-refractivity contribution >= 4 is 15.2 Å². The molecule has 7 nitrogen and oxygen atoms in total. The first kappa shape index (κ1) is 28.1. The van der Waals surface area contributed by atoms with Crippen molar-refractivity contribution in [3.8, 4) is 0 Å². The molecule has 0 saturated heterocycles. The Kier molecular flexibility index (Phi) is 19.5. The van der Waals surface area contributed by atoms with E-state index in [0.717, 1.165) is 32.1 Å². The van der Waals surface area contributed by atoms with Crippen LogP contribution in [-0.4, -0.2) is 22.2 Å². The monoisotopic (exact) mass is 362 g/mol. The molecule has 0 aliphatic carbocycles. The summed E-state index contributed by atoms with van der Waals surface area (Å²) >= 11 is 0. The van der Waals surface area contributed by atoms with E-state index >= 15 is 0 Å². The second-order valence-electron chi connectivity index (χ2n) is 4.40. The van der Waals surface area contributed by atoms with Crippen molar-refractivity contribution in [1.29, 1.82) is 0 Å². The molecule has 0 radical (unpaired) electrons. The van der Waals surface area contributed by atoms with Crippen LogP contribution in [0.5, 0.6) is 0 Å². The van der Waals surface area contributed by atoms with E-state index in [0.29, 0.717) is 6.42 Å². The van der Waals surface area contributed by atoms with Gasteiger partial charge in [-0.2, -0.15) is 0 Å². The van der Waals surface area contributed by atoms with Gasteiger partial charge in [0.2, 0.25) is 0 Å². The largest absolute Gasteiger partial charge is 1.00 e. The maximum Gasteiger partial charge on any atom is 1.00 e. The molecule has 0 aromatic heterocycles. The number of aliphatic hydroxyl groups is 1. The summed E-state index contributed by atoms with van der Waals surface area (Å²) < 4.78 is 26.0. The van der Waals surface area contributed by atoms with E-state index in [9.17, 15) is 18.9 Å². The van der Waals surface area contributed by atoms with E-state index in [-0.39, 0.29) is 65.7 Å². The molecular formula is C10H22Na2O7P2. The van der Waals surface area contributed by atoms with Crippen LogP contribution in [0.4, 0.5) is 0 Å². The molecular weight excluding hydrogens is 340 g/mol. The van der Waals surface area contributed by atoms with Gasteiger partial charge in [-0.1, -0.05) is 45.4 Å². The molecule has 0 aromatic carbocycles. The van der Waals surface area contributed by atoms with Gasteiger partial charge in [-0.15, -0.1) is 0 Å². The van der Waals surface area contributed by atoms with Crippen LogP contribution in [0, 0.1) is 0 Å². The molecule has 3 atom stereocenters. The number of aliphatic hydroxyl groups excluding tert-OH is 1. The molecule has 0 aromatic rings. The van der Waals surface area contributed by atoms with Crippen molar-refractivity contribution in [3.63, 3.8) is 0 Å². The van der Waals surface area contributed by atoms with Crippen LogP contribution in [0.15, 0.2) is 0 Å². The Balaban J connectivity index is -0.00000162. The summed E-state index contributed by atoms with van der Waals surface area (Å²) in [5.74, 6) is 0. The first-order valence-corrected chi connectivity index (χ1v) is 9.64. The maximum absolute atomic E-state index is 11.2. The van der Waals surface area contributed by atoms with Gasteiger partial charge in [0.05, 0.1) is 6.61 Å². The zero-order valence-electron chi connectivity index (χ0n) is 13.1.